The van der Waals surface area contributed by atoms with Gasteiger partial charge in [0.2, 0.25) is 0 Å². The van der Waals surface area contributed by atoms with Gasteiger partial charge in [0.1, 0.15) is 5.69 Å². The fourth-order valence-corrected chi connectivity index (χ4v) is 3.38. The minimum absolute atomic E-state index is 0.169. The third-order valence-electron chi connectivity index (χ3n) is 4.82. The number of aliphatic hydroxyl groups excluding tert-OH is 1. The van der Waals surface area contributed by atoms with E-state index in [1.807, 2.05) is 43.6 Å². The second-order valence-corrected chi connectivity index (χ2v) is 6.67. The summed E-state index contributed by atoms with van der Waals surface area (Å²) in [7, 11) is 1.85. The first-order chi connectivity index (χ1) is 12.1. The summed E-state index contributed by atoms with van der Waals surface area (Å²) in [5.41, 5.74) is 2.15. The van der Waals surface area contributed by atoms with E-state index >= 15 is 0 Å². The summed E-state index contributed by atoms with van der Waals surface area (Å²) in [5, 5.41) is 17.9. The summed E-state index contributed by atoms with van der Waals surface area (Å²) in [6, 6.07) is 11.2. The number of aromatic nitrogens is 3. The summed E-state index contributed by atoms with van der Waals surface area (Å²) in [4.78, 5) is 17.2. The van der Waals surface area contributed by atoms with E-state index in [-0.39, 0.29) is 24.0 Å². The van der Waals surface area contributed by atoms with Crippen molar-refractivity contribution in [2.45, 2.75) is 25.0 Å². The van der Waals surface area contributed by atoms with Crippen LogP contribution >= 0.6 is 0 Å². The SMILES string of the molecule is Cn1cc(C(NC(=O)c2ccc3ccccc3n2)C2CC(O)C2)cn1. The minimum Gasteiger partial charge on any atom is -0.393 e. The fraction of sp³-hybridized carbons (Fsp3) is 0.316. The van der Waals surface area contributed by atoms with Gasteiger partial charge in [-0.25, -0.2) is 4.98 Å². The molecule has 0 spiro atoms. The lowest BCUT2D eigenvalue weighted by Crippen LogP contribution is -2.41. The number of hydrogen-bond acceptors (Lipinski definition) is 4. The van der Waals surface area contributed by atoms with Gasteiger partial charge in [0.15, 0.2) is 0 Å². The highest BCUT2D eigenvalue weighted by Crippen LogP contribution is 2.38. The number of pyridine rings is 1. The molecule has 1 atom stereocenters. The number of aryl methyl sites for hydroxylation is 1. The van der Waals surface area contributed by atoms with Crippen LogP contribution in [0.25, 0.3) is 10.9 Å². The van der Waals surface area contributed by atoms with Crippen molar-refractivity contribution in [3.05, 3.63) is 60.0 Å². The van der Waals surface area contributed by atoms with E-state index < -0.39 is 0 Å². The normalized spacial score (nSPS) is 20.9. The molecule has 1 aliphatic carbocycles. The summed E-state index contributed by atoms with van der Waals surface area (Å²) in [5.74, 6) is 0.00426. The van der Waals surface area contributed by atoms with E-state index in [1.165, 1.54) is 0 Å². The highest BCUT2D eigenvalue weighted by Gasteiger charge is 2.36. The number of amides is 1. The Morgan fingerprint density at radius 1 is 1.28 bits per heavy atom. The molecule has 2 N–H and O–H groups in total. The van der Waals surface area contributed by atoms with E-state index in [9.17, 15) is 9.90 Å². The molecule has 6 heteroatoms. The number of para-hydroxylation sites is 1. The fourth-order valence-electron chi connectivity index (χ4n) is 3.38. The van der Waals surface area contributed by atoms with Gasteiger partial charge in [0.25, 0.3) is 5.91 Å². The Balaban J connectivity index is 1.58. The summed E-state index contributed by atoms with van der Waals surface area (Å²) in [6.07, 6.45) is 4.77. The number of rotatable bonds is 4. The smallest absolute Gasteiger partial charge is 0.270 e. The van der Waals surface area contributed by atoms with Gasteiger partial charge < -0.3 is 10.4 Å². The van der Waals surface area contributed by atoms with Crippen LogP contribution in [0, 0.1) is 5.92 Å². The first kappa shape index (κ1) is 15.8. The highest BCUT2D eigenvalue weighted by molar-refractivity contribution is 5.95. The molecule has 0 radical (unpaired) electrons. The molecule has 1 aliphatic rings. The number of benzene rings is 1. The lowest BCUT2D eigenvalue weighted by Gasteiger charge is -2.37. The second-order valence-electron chi connectivity index (χ2n) is 6.67. The molecule has 1 saturated carbocycles. The van der Waals surface area contributed by atoms with Crippen molar-refractivity contribution in [1.29, 1.82) is 0 Å². The Morgan fingerprint density at radius 2 is 2.08 bits per heavy atom. The molecule has 2 aromatic heterocycles. The van der Waals surface area contributed by atoms with Gasteiger partial charge in [0.05, 0.1) is 23.9 Å². The van der Waals surface area contributed by atoms with E-state index in [2.05, 4.69) is 15.4 Å². The van der Waals surface area contributed by atoms with Gasteiger partial charge in [0, 0.05) is 24.2 Å². The van der Waals surface area contributed by atoms with Crippen LogP contribution in [0.2, 0.25) is 0 Å². The largest absolute Gasteiger partial charge is 0.393 e. The van der Waals surface area contributed by atoms with Crippen LogP contribution < -0.4 is 5.32 Å². The average Bonchev–Trinajstić information content (AvgIpc) is 3.03. The van der Waals surface area contributed by atoms with Crippen molar-refractivity contribution < 1.29 is 9.90 Å². The van der Waals surface area contributed by atoms with Crippen molar-refractivity contribution in [2.24, 2.45) is 13.0 Å². The lowest BCUT2D eigenvalue weighted by molar-refractivity contribution is 0.0234. The van der Waals surface area contributed by atoms with E-state index in [1.54, 1.807) is 16.9 Å². The Kier molecular flexibility index (Phi) is 3.97. The number of aliphatic hydroxyl groups is 1. The number of fused-ring (bicyclic) bond motifs is 1. The van der Waals surface area contributed by atoms with Crippen LogP contribution in [-0.2, 0) is 7.05 Å². The van der Waals surface area contributed by atoms with Crippen LogP contribution in [0.1, 0.15) is 34.9 Å². The zero-order valence-electron chi connectivity index (χ0n) is 14.0. The van der Waals surface area contributed by atoms with Gasteiger partial charge in [-0.15, -0.1) is 0 Å². The molecule has 0 aliphatic heterocycles. The maximum Gasteiger partial charge on any atom is 0.270 e. The van der Waals surface area contributed by atoms with Crippen molar-refractivity contribution in [3.63, 3.8) is 0 Å². The number of nitrogens with zero attached hydrogens (tertiary/aromatic N) is 3. The molecule has 1 aromatic carbocycles. The van der Waals surface area contributed by atoms with E-state index in [0.29, 0.717) is 18.5 Å². The monoisotopic (exact) mass is 336 g/mol. The molecule has 1 fully saturated rings. The maximum atomic E-state index is 12.7. The topological polar surface area (TPSA) is 80.0 Å². The Bertz CT molecular complexity index is 914. The summed E-state index contributed by atoms with van der Waals surface area (Å²) < 4.78 is 1.72. The van der Waals surface area contributed by atoms with Crippen molar-refractivity contribution in [3.8, 4) is 0 Å². The van der Waals surface area contributed by atoms with Gasteiger partial charge in [-0.2, -0.15) is 5.10 Å². The Morgan fingerprint density at radius 3 is 2.80 bits per heavy atom. The molecule has 0 saturated heterocycles. The van der Waals surface area contributed by atoms with Gasteiger partial charge in [-0.05, 0) is 30.9 Å². The van der Waals surface area contributed by atoms with Crippen LogP contribution in [-0.4, -0.2) is 31.9 Å². The summed E-state index contributed by atoms with van der Waals surface area (Å²) >= 11 is 0. The molecular formula is C19H20N4O2. The molecule has 1 amide bonds. The third-order valence-corrected chi connectivity index (χ3v) is 4.82. The first-order valence-corrected chi connectivity index (χ1v) is 8.43. The van der Waals surface area contributed by atoms with Crippen LogP contribution in [0.15, 0.2) is 48.8 Å². The quantitative estimate of drug-likeness (QED) is 0.765. The van der Waals surface area contributed by atoms with Crippen LogP contribution in [0.5, 0.6) is 0 Å². The minimum atomic E-state index is -0.278. The number of hydrogen-bond donors (Lipinski definition) is 2. The molecular weight excluding hydrogens is 316 g/mol. The maximum absolute atomic E-state index is 12.7. The van der Waals surface area contributed by atoms with E-state index in [0.717, 1.165) is 16.5 Å². The molecule has 2 heterocycles. The predicted octanol–water partition coefficient (Wildman–Crippen LogP) is 2.21. The van der Waals surface area contributed by atoms with Crippen LogP contribution in [0.4, 0.5) is 0 Å². The average molecular weight is 336 g/mol. The molecule has 4 rings (SSSR count). The Labute approximate surface area is 145 Å². The van der Waals surface area contributed by atoms with Crippen molar-refractivity contribution in [1.82, 2.24) is 20.1 Å². The molecule has 128 valence electrons. The Hall–Kier alpha value is -2.73. The highest BCUT2D eigenvalue weighted by atomic mass is 16.3. The standard InChI is InChI=1S/C19H20N4O2/c1-23-11-14(10-20-23)18(13-8-15(24)9-13)22-19(25)17-7-6-12-4-2-3-5-16(12)21-17/h2-7,10-11,13,15,18,24H,8-9H2,1H3,(H,22,25). The van der Waals surface area contributed by atoms with Crippen molar-refractivity contribution >= 4 is 16.8 Å². The zero-order valence-corrected chi connectivity index (χ0v) is 14.0. The third kappa shape index (κ3) is 3.13. The van der Waals surface area contributed by atoms with Gasteiger partial charge >= 0.3 is 0 Å². The number of nitrogens with one attached hydrogen (secondary N) is 1. The first-order valence-electron chi connectivity index (χ1n) is 8.43. The van der Waals surface area contributed by atoms with Crippen LogP contribution in [0.3, 0.4) is 0 Å². The van der Waals surface area contributed by atoms with Gasteiger partial charge in [-0.1, -0.05) is 24.3 Å². The molecule has 1 unspecified atom stereocenters. The lowest BCUT2D eigenvalue weighted by atomic mass is 9.75. The molecule has 0 bridgehead atoms. The number of carbonyl (C=O) groups is 1. The second kappa shape index (κ2) is 6.29. The van der Waals surface area contributed by atoms with Crippen molar-refractivity contribution in [2.75, 3.05) is 0 Å². The summed E-state index contributed by atoms with van der Waals surface area (Å²) in [6.45, 7) is 0. The molecule has 25 heavy (non-hydrogen) atoms. The molecule has 3 aromatic rings. The van der Waals surface area contributed by atoms with E-state index in [4.69, 9.17) is 0 Å². The zero-order chi connectivity index (χ0) is 17.4. The molecule has 6 nitrogen and oxygen atoms in total. The van der Waals surface area contributed by atoms with Gasteiger partial charge in [-0.3, -0.25) is 9.48 Å². The number of carbonyl (C=O) groups excluding carboxylic acids is 1. The predicted molar refractivity (Wildman–Crippen MR) is 93.9 cm³/mol.